The van der Waals surface area contributed by atoms with Gasteiger partial charge < -0.3 is 4.74 Å². The molecule has 1 saturated heterocycles. The second kappa shape index (κ2) is 5.19. The van der Waals surface area contributed by atoms with Gasteiger partial charge in [-0.05, 0) is 25.5 Å². The van der Waals surface area contributed by atoms with Crippen molar-refractivity contribution in [3.63, 3.8) is 0 Å². The van der Waals surface area contributed by atoms with Crippen LogP contribution in [0.4, 0.5) is 0 Å². The minimum Gasteiger partial charge on any atom is -0.377 e. The molecule has 15 heavy (non-hydrogen) atoms. The van der Waals surface area contributed by atoms with Gasteiger partial charge in [0.1, 0.15) is 0 Å². The van der Waals surface area contributed by atoms with Crippen LogP contribution >= 0.6 is 23.4 Å². The van der Waals surface area contributed by atoms with Crippen LogP contribution in [0.25, 0.3) is 0 Å². The summed E-state index contributed by atoms with van der Waals surface area (Å²) in [6, 6.07) is 3.73. The fourth-order valence-electron chi connectivity index (χ4n) is 1.65. The molecule has 2 atom stereocenters. The summed E-state index contributed by atoms with van der Waals surface area (Å²) in [5, 5.41) is 1.36. The Morgan fingerprint density at radius 1 is 1.67 bits per heavy atom. The summed E-state index contributed by atoms with van der Waals surface area (Å²) >= 11 is 7.80. The normalized spacial score (nSPS) is 25.7. The minimum atomic E-state index is 0.370. The van der Waals surface area contributed by atoms with E-state index in [9.17, 15) is 0 Å². The highest BCUT2D eigenvalue weighted by atomic mass is 35.5. The van der Waals surface area contributed by atoms with Crippen LogP contribution in [-0.4, -0.2) is 22.9 Å². The molecular formula is C11H14ClNOS. The molecule has 0 aromatic carbocycles. The number of rotatable bonds is 3. The predicted octanol–water partition coefficient (Wildman–Crippen LogP) is 3.15. The summed E-state index contributed by atoms with van der Waals surface area (Å²) in [6.45, 7) is 3.03. The highest BCUT2D eigenvalue weighted by Crippen LogP contribution is 2.28. The topological polar surface area (TPSA) is 22.1 Å². The Morgan fingerprint density at radius 3 is 3.20 bits per heavy atom. The maximum Gasteiger partial charge on any atom is 0.0666 e. The Morgan fingerprint density at radius 2 is 2.53 bits per heavy atom. The molecule has 2 unspecified atom stereocenters. The van der Waals surface area contributed by atoms with Crippen molar-refractivity contribution >= 4 is 23.4 Å². The van der Waals surface area contributed by atoms with Crippen LogP contribution in [-0.2, 0) is 10.5 Å². The molecule has 2 heterocycles. The number of hydrogen-bond donors (Lipinski definition) is 0. The molecule has 0 radical (unpaired) electrons. The quantitative estimate of drug-likeness (QED) is 0.814. The van der Waals surface area contributed by atoms with Crippen molar-refractivity contribution in [1.29, 1.82) is 0 Å². The van der Waals surface area contributed by atoms with Crippen molar-refractivity contribution in [2.24, 2.45) is 0 Å². The molecule has 0 saturated carbocycles. The van der Waals surface area contributed by atoms with E-state index in [1.54, 1.807) is 12.3 Å². The molecule has 1 aliphatic heterocycles. The zero-order valence-corrected chi connectivity index (χ0v) is 10.2. The van der Waals surface area contributed by atoms with Gasteiger partial charge in [-0.2, -0.15) is 0 Å². The Kier molecular flexibility index (Phi) is 3.89. The number of hydrogen-bond acceptors (Lipinski definition) is 3. The standard InChI is InChI=1S/C11H14ClNOS/c1-8-11(3-5-14-8)15-7-10-6-9(12)2-4-13-10/h2,4,6,8,11H,3,5,7H2,1H3. The van der Waals surface area contributed by atoms with E-state index in [-0.39, 0.29) is 0 Å². The first-order valence-corrected chi connectivity index (χ1v) is 6.52. The lowest BCUT2D eigenvalue weighted by Crippen LogP contribution is -2.13. The van der Waals surface area contributed by atoms with E-state index in [0.29, 0.717) is 11.4 Å². The van der Waals surface area contributed by atoms with Gasteiger partial charge in [0.05, 0.1) is 11.8 Å². The van der Waals surface area contributed by atoms with Gasteiger partial charge >= 0.3 is 0 Å². The van der Waals surface area contributed by atoms with Gasteiger partial charge in [-0.3, -0.25) is 4.98 Å². The SMILES string of the molecule is CC1OCCC1SCc1cc(Cl)ccn1. The number of aromatic nitrogens is 1. The Bertz CT molecular complexity index is 334. The summed E-state index contributed by atoms with van der Waals surface area (Å²) in [6.07, 6.45) is 3.27. The van der Waals surface area contributed by atoms with Crippen LogP contribution < -0.4 is 0 Å². The van der Waals surface area contributed by atoms with Gasteiger partial charge in [0.15, 0.2) is 0 Å². The zero-order chi connectivity index (χ0) is 10.7. The fraction of sp³-hybridized carbons (Fsp3) is 0.545. The lowest BCUT2D eigenvalue weighted by atomic mass is 10.3. The molecule has 1 fully saturated rings. The van der Waals surface area contributed by atoms with Crippen LogP contribution in [0.15, 0.2) is 18.3 Å². The van der Waals surface area contributed by atoms with E-state index in [1.165, 1.54) is 0 Å². The minimum absolute atomic E-state index is 0.370. The molecule has 0 amide bonds. The second-order valence-corrected chi connectivity index (χ2v) is 5.34. The largest absolute Gasteiger partial charge is 0.377 e. The molecule has 2 rings (SSSR count). The lowest BCUT2D eigenvalue weighted by Gasteiger charge is -2.12. The third-order valence-corrected chi connectivity index (χ3v) is 4.28. The fourth-order valence-corrected chi connectivity index (χ4v) is 2.99. The average Bonchev–Trinajstić information content (AvgIpc) is 2.61. The van der Waals surface area contributed by atoms with Crippen molar-refractivity contribution in [3.05, 3.63) is 29.0 Å². The highest BCUT2D eigenvalue weighted by molar-refractivity contribution is 7.99. The van der Waals surface area contributed by atoms with Crippen LogP contribution in [0.5, 0.6) is 0 Å². The van der Waals surface area contributed by atoms with Gasteiger partial charge in [0.25, 0.3) is 0 Å². The molecular weight excluding hydrogens is 230 g/mol. The number of ether oxygens (including phenoxy) is 1. The molecule has 0 bridgehead atoms. The molecule has 1 aliphatic rings. The van der Waals surface area contributed by atoms with Crippen molar-refractivity contribution in [2.45, 2.75) is 30.5 Å². The first kappa shape index (κ1) is 11.2. The molecule has 1 aromatic rings. The predicted molar refractivity (Wildman–Crippen MR) is 64.4 cm³/mol. The van der Waals surface area contributed by atoms with Crippen molar-refractivity contribution in [3.8, 4) is 0 Å². The summed E-state index contributed by atoms with van der Waals surface area (Å²) in [7, 11) is 0. The summed E-state index contributed by atoms with van der Waals surface area (Å²) in [5.41, 5.74) is 1.05. The van der Waals surface area contributed by atoms with Crippen LogP contribution in [0.2, 0.25) is 5.02 Å². The maximum atomic E-state index is 5.89. The number of nitrogens with zero attached hydrogens (tertiary/aromatic N) is 1. The van der Waals surface area contributed by atoms with Crippen molar-refractivity contribution in [2.75, 3.05) is 6.61 Å². The van der Waals surface area contributed by atoms with E-state index in [0.717, 1.165) is 29.5 Å². The molecule has 82 valence electrons. The molecule has 0 aliphatic carbocycles. The first-order valence-electron chi connectivity index (χ1n) is 5.09. The van der Waals surface area contributed by atoms with Gasteiger partial charge in [-0.1, -0.05) is 11.6 Å². The molecule has 0 spiro atoms. The summed E-state index contributed by atoms with van der Waals surface area (Å²) in [5.74, 6) is 0.916. The third kappa shape index (κ3) is 3.10. The average molecular weight is 244 g/mol. The number of halogens is 1. The number of thioether (sulfide) groups is 1. The molecule has 0 N–H and O–H groups in total. The summed E-state index contributed by atoms with van der Waals surface area (Å²) in [4.78, 5) is 4.28. The van der Waals surface area contributed by atoms with Crippen LogP contribution in [0.3, 0.4) is 0 Å². The first-order chi connectivity index (χ1) is 7.25. The Balaban J connectivity index is 1.87. The van der Waals surface area contributed by atoms with Gasteiger partial charge in [0.2, 0.25) is 0 Å². The van der Waals surface area contributed by atoms with E-state index >= 15 is 0 Å². The van der Waals surface area contributed by atoms with Crippen LogP contribution in [0, 0.1) is 0 Å². The number of pyridine rings is 1. The molecule has 1 aromatic heterocycles. The van der Waals surface area contributed by atoms with Gasteiger partial charge in [-0.25, -0.2) is 0 Å². The lowest BCUT2D eigenvalue weighted by molar-refractivity contribution is 0.127. The Labute approximate surface area is 99.4 Å². The summed E-state index contributed by atoms with van der Waals surface area (Å²) < 4.78 is 5.51. The van der Waals surface area contributed by atoms with Gasteiger partial charge in [0, 0.05) is 28.8 Å². The van der Waals surface area contributed by atoms with E-state index in [4.69, 9.17) is 16.3 Å². The molecule has 2 nitrogen and oxygen atoms in total. The van der Waals surface area contributed by atoms with E-state index < -0.39 is 0 Å². The monoisotopic (exact) mass is 243 g/mol. The zero-order valence-electron chi connectivity index (χ0n) is 8.65. The van der Waals surface area contributed by atoms with E-state index in [1.807, 2.05) is 17.8 Å². The van der Waals surface area contributed by atoms with Gasteiger partial charge in [-0.15, -0.1) is 11.8 Å². The maximum absolute atomic E-state index is 5.89. The van der Waals surface area contributed by atoms with Crippen molar-refractivity contribution in [1.82, 2.24) is 4.98 Å². The second-order valence-electron chi connectivity index (χ2n) is 3.68. The smallest absolute Gasteiger partial charge is 0.0666 e. The highest BCUT2D eigenvalue weighted by Gasteiger charge is 2.24. The Hall–Kier alpha value is -0.250. The molecule has 4 heteroatoms. The van der Waals surface area contributed by atoms with E-state index in [2.05, 4.69) is 11.9 Å². The van der Waals surface area contributed by atoms with Crippen LogP contribution in [0.1, 0.15) is 19.0 Å². The van der Waals surface area contributed by atoms with Crippen molar-refractivity contribution < 1.29 is 4.74 Å². The third-order valence-electron chi connectivity index (χ3n) is 2.53.